The molecule has 4 heterocycles. The molecule has 0 aliphatic carbocycles. The Balaban J connectivity index is 1.69. The molecule has 1 aliphatic rings. The third kappa shape index (κ3) is 4.65. The fourth-order valence-electron chi connectivity index (χ4n) is 4.18. The molecule has 4 N–H and O–H groups in total. The number of carbonyl (C=O) groups is 1. The summed E-state index contributed by atoms with van der Waals surface area (Å²) in [5.41, 5.74) is 10.4. The molecule has 1 aliphatic heterocycles. The Morgan fingerprint density at radius 3 is 2.61 bits per heavy atom. The van der Waals surface area contributed by atoms with Crippen LogP contribution in [-0.2, 0) is 13.6 Å². The second-order valence-corrected chi connectivity index (χ2v) is 8.64. The number of hydrogen-bond acceptors (Lipinski definition) is 7. The molecule has 4 rings (SSSR count). The Kier molecular flexibility index (Phi) is 6.28. The number of aryl methyl sites for hydroxylation is 3. The van der Waals surface area contributed by atoms with E-state index in [-0.39, 0.29) is 29.7 Å². The topological polar surface area (TPSA) is 135 Å². The molecular weight excluding hydrogens is 420 g/mol. The highest BCUT2D eigenvalue weighted by Crippen LogP contribution is 2.26. The van der Waals surface area contributed by atoms with Crippen LogP contribution in [0.25, 0.3) is 11.4 Å². The summed E-state index contributed by atoms with van der Waals surface area (Å²) < 4.78 is 1.72. The number of aromatic amines is 1. The van der Waals surface area contributed by atoms with E-state index in [0.717, 1.165) is 42.9 Å². The van der Waals surface area contributed by atoms with Crippen LogP contribution in [-0.4, -0.2) is 49.8 Å². The predicted molar refractivity (Wildman–Crippen MR) is 126 cm³/mol. The molecule has 10 nitrogen and oxygen atoms in total. The normalized spacial score (nSPS) is 14.5. The minimum atomic E-state index is -0.354. The lowest BCUT2D eigenvalue weighted by Crippen LogP contribution is -2.41. The molecule has 0 aromatic carbocycles. The maximum Gasteiger partial charge on any atom is 0.270 e. The van der Waals surface area contributed by atoms with Crippen molar-refractivity contribution in [3.8, 4) is 11.4 Å². The Morgan fingerprint density at radius 1 is 1.24 bits per heavy atom. The van der Waals surface area contributed by atoms with E-state index in [1.165, 1.54) is 0 Å². The minimum absolute atomic E-state index is 0.110. The fraction of sp³-hybridized carbons (Fsp3) is 0.435. The molecule has 0 spiro atoms. The van der Waals surface area contributed by atoms with E-state index >= 15 is 0 Å². The van der Waals surface area contributed by atoms with Gasteiger partial charge < -0.3 is 20.9 Å². The minimum Gasteiger partial charge on any atom is -0.346 e. The number of piperidine rings is 1. The van der Waals surface area contributed by atoms with Crippen LogP contribution in [0.1, 0.15) is 45.7 Å². The van der Waals surface area contributed by atoms with Gasteiger partial charge in [0.05, 0.1) is 11.4 Å². The molecule has 0 unspecified atom stereocenters. The van der Waals surface area contributed by atoms with Gasteiger partial charge in [0.1, 0.15) is 5.69 Å². The van der Waals surface area contributed by atoms with Gasteiger partial charge in [0.15, 0.2) is 0 Å². The molecule has 1 saturated heterocycles. The molecule has 1 fully saturated rings. The van der Waals surface area contributed by atoms with Crippen molar-refractivity contribution >= 4 is 11.9 Å². The summed E-state index contributed by atoms with van der Waals surface area (Å²) in [4.78, 5) is 39.9. The van der Waals surface area contributed by atoms with Gasteiger partial charge in [-0.05, 0) is 51.3 Å². The number of H-pyrrole nitrogens is 1. The Hall–Kier alpha value is -3.53. The number of hydrogen-bond donors (Lipinski definition) is 3. The van der Waals surface area contributed by atoms with Gasteiger partial charge in [-0.2, -0.15) is 5.10 Å². The van der Waals surface area contributed by atoms with Crippen molar-refractivity contribution < 1.29 is 4.79 Å². The molecule has 3 aromatic rings. The average Bonchev–Trinajstić information content (AvgIpc) is 3.19. The quantitative estimate of drug-likeness (QED) is 0.534. The maximum absolute atomic E-state index is 13.2. The molecular formula is C23H30N8O2. The van der Waals surface area contributed by atoms with Gasteiger partial charge in [-0.3, -0.25) is 14.3 Å². The van der Waals surface area contributed by atoms with E-state index in [1.54, 1.807) is 10.9 Å². The number of amides is 1. The molecule has 10 heteroatoms. The number of nitrogens with one attached hydrogen (secondary N) is 2. The summed E-state index contributed by atoms with van der Waals surface area (Å²) in [5, 5.41) is 7.12. The van der Waals surface area contributed by atoms with Gasteiger partial charge in [-0.1, -0.05) is 0 Å². The van der Waals surface area contributed by atoms with Crippen molar-refractivity contribution in [2.75, 3.05) is 18.0 Å². The third-order valence-electron chi connectivity index (χ3n) is 6.15. The number of anilines is 1. The summed E-state index contributed by atoms with van der Waals surface area (Å²) in [6.07, 6.45) is 3.38. The largest absolute Gasteiger partial charge is 0.346 e. The SMILES string of the molecule is Cc1cc(C)c(CNC(=O)c2nc(N3CCC(N)CC3)nc(-c3ccnn3C)c2C)c(=O)[nH]1. The molecule has 33 heavy (non-hydrogen) atoms. The molecule has 0 bridgehead atoms. The maximum atomic E-state index is 13.2. The number of aromatic nitrogens is 5. The highest BCUT2D eigenvalue weighted by Gasteiger charge is 2.24. The lowest BCUT2D eigenvalue weighted by atomic mass is 10.1. The van der Waals surface area contributed by atoms with Gasteiger partial charge in [0, 0.05) is 55.7 Å². The van der Waals surface area contributed by atoms with E-state index in [9.17, 15) is 9.59 Å². The van der Waals surface area contributed by atoms with E-state index in [4.69, 9.17) is 10.7 Å². The second-order valence-electron chi connectivity index (χ2n) is 8.64. The second kappa shape index (κ2) is 9.14. The van der Waals surface area contributed by atoms with Gasteiger partial charge in [0.2, 0.25) is 5.95 Å². The lowest BCUT2D eigenvalue weighted by molar-refractivity contribution is 0.0945. The molecule has 0 saturated carbocycles. The Bertz CT molecular complexity index is 1240. The first kappa shape index (κ1) is 22.7. The first-order chi connectivity index (χ1) is 15.7. The molecule has 0 radical (unpaired) electrons. The number of rotatable bonds is 5. The first-order valence-corrected chi connectivity index (χ1v) is 11.1. The van der Waals surface area contributed by atoms with Gasteiger partial charge >= 0.3 is 0 Å². The van der Waals surface area contributed by atoms with E-state index in [1.807, 2.05) is 40.0 Å². The van der Waals surface area contributed by atoms with Crippen LogP contribution in [0.15, 0.2) is 23.1 Å². The molecule has 1 amide bonds. The standard InChI is InChI=1S/C23H30N8O2/c1-13-11-14(2)27-21(32)17(13)12-25-22(33)20-15(3)19(18-5-8-26-30(18)4)28-23(29-20)31-9-6-16(24)7-10-31/h5,8,11,16H,6-7,9-10,12,24H2,1-4H3,(H,25,33)(H,27,32). The Labute approximate surface area is 192 Å². The predicted octanol–water partition coefficient (Wildman–Crippen LogP) is 1.35. The third-order valence-corrected chi connectivity index (χ3v) is 6.15. The van der Waals surface area contributed by atoms with Crippen molar-refractivity contribution in [2.24, 2.45) is 12.8 Å². The van der Waals surface area contributed by atoms with Crippen molar-refractivity contribution in [3.63, 3.8) is 0 Å². The number of nitrogens with zero attached hydrogens (tertiary/aromatic N) is 5. The lowest BCUT2D eigenvalue weighted by Gasteiger charge is -2.30. The number of pyridine rings is 1. The number of carbonyl (C=O) groups excluding carboxylic acids is 1. The summed E-state index contributed by atoms with van der Waals surface area (Å²) in [5.74, 6) is 0.144. The molecule has 0 atom stereocenters. The Morgan fingerprint density at radius 2 is 1.97 bits per heavy atom. The highest BCUT2D eigenvalue weighted by molar-refractivity contribution is 5.95. The van der Waals surface area contributed by atoms with Crippen molar-refractivity contribution in [3.05, 3.63) is 56.8 Å². The summed E-state index contributed by atoms with van der Waals surface area (Å²) in [6, 6.07) is 3.92. The monoisotopic (exact) mass is 450 g/mol. The van der Waals surface area contributed by atoms with Crippen LogP contribution < -0.4 is 21.5 Å². The van der Waals surface area contributed by atoms with Crippen molar-refractivity contribution in [1.29, 1.82) is 0 Å². The van der Waals surface area contributed by atoms with Crippen LogP contribution >= 0.6 is 0 Å². The average molecular weight is 451 g/mol. The van der Waals surface area contributed by atoms with Crippen LogP contribution in [0.3, 0.4) is 0 Å². The number of nitrogens with two attached hydrogens (primary N) is 1. The smallest absolute Gasteiger partial charge is 0.270 e. The molecule has 3 aromatic heterocycles. The highest BCUT2D eigenvalue weighted by atomic mass is 16.2. The zero-order chi connectivity index (χ0) is 23.7. The van der Waals surface area contributed by atoms with Gasteiger partial charge in [-0.15, -0.1) is 0 Å². The first-order valence-electron chi connectivity index (χ1n) is 11.1. The van der Waals surface area contributed by atoms with Gasteiger partial charge in [0.25, 0.3) is 11.5 Å². The molecule has 174 valence electrons. The van der Waals surface area contributed by atoms with Crippen LogP contribution in [0.5, 0.6) is 0 Å². The van der Waals surface area contributed by atoms with E-state index in [2.05, 4.69) is 25.3 Å². The van der Waals surface area contributed by atoms with Crippen LogP contribution in [0, 0.1) is 20.8 Å². The van der Waals surface area contributed by atoms with E-state index < -0.39 is 0 Å². The summed E-state index contributed by atoms with van der Waals surface area (Å²) >= 11 is 0. The summed E-state index contributed by atoms with van der Waals surface area (Å²) in [7, 11) is 1.84. The van der Waals surface area contributed by atoms with Crippen LogP contribution in [0.2, 0.25) is 0 Å². The fourth-order valence-corrected chi connectivity index (χ4v) is 4.18. The van der Waals surface area contributed by atoms with Crippen molar-refractivity contribution in [1.82, 2.24) is 30.0 Å². The zero-order valence-electron chi connectivity index (χ0n) is 19.5. The van der Waals surface area contributed by atoms with E-state index in [0.29, 0.717) is 22.8 Å². The van der Waals surface area contributed by atoms with Crippen molar-refractivity contribution in [2.45, 2.75) is 46.2 Å². The zero-order valence-corrected chi connectivity index (χ0v) is 19.5. The van der Waals surface area contributed by atoms with Gasteiger partial charge in [-0.25, -0.2) is 9.97 Å². The summed E-state index contributed by atoms with van der Waals surface area (Å²) in [6.45, 7) is 7.09. The van der Waals surface area contributed by atoms with Crippen LogP contribution in [0.4, 0.5) is 5.95 Å².